The van der Waals surface area contributed by atoms with E-state index in [0.717, 1.165) is 12.1 Å². The monoisotopic (exact) mass is 266 g/mol. The molecule has 0 spiro atoms. The van der Waals surface area contributed by atoms with Crippen molar-refractivity contribution in [3.8, 4) is 11.5 Å². The number of carbonyl (C=O) groups excluding carboxylic acids is 1. The lowest BCUT2D eigenvalue weighted by Crippen LogP contribution is -2.28. The molecular weight excluding hydrogens is 244 g/mol. The Morgan fingerprint density at radius 1 is 1.26 bits per heavy atom. The summed E-state index contributed by atoms with van der Waals surface area (Å²) in [5.74, 6) is 1.12. The van der Waals surface area contributed by atoms with Gasteiger partial charge in [0.2, 0.25) is 0 Å². The summed E-state index contributed by atoms with van der Waals surface area (Å²) in [4.78, 5) is 11.4. The minimum atomic E-state index is -0.136. The molecule has 1 rings (SSSR count). The van der Waals surface area contributed by atoms with Crippen LogP contribution in [0.5, 0.6) is 11.5 Å². The zero-order valence-electron chi connectivity index (χ0n) is 11.8. The molecular formula is C14H22N2O3. The molecule has 0 saturated heterocycles. The van der Waals surface area contributed by atoms with Crippen LogP contribution in [0.25, 0.3) is 0 Å². The van der Waals surface area contributed by atoms with E-state index >= 15 is 0 Å². The van der Waals surface area contributed by atoms with Gasteiger partial charge in [-0.2, -0.15) is 0 Å². The molecule has 1 aromatic rings. The molecule has 0 atom stereocenters. The molecule has 106 valence electrons. The Labute approximate surface area is 114 Å². The second kappa shape index (κ2) is 8.37. The lowest BCUT2D eigenvalue weighted by Gasteiger charge is -2.15. The summed E-state index contributed by atoms with van der Waals surface area (Å²) in [5.41, 5.74) is 0.977. The topological polar surface area (TPSA) is 59.6 Å². The van der Waals surface area contributed by atoms with Crippen molar-refractivity contribution in [3.63, 3.8) is 0 Å². The Morgan fingerprint density at radius 3 is 2.68 bits per heavy atom. The minimum absolute atomic E-state index is 0.00661. The number of rotatable bonds is 8. The van der Waals surface area contributed by atoms with Crippen molar-refractivity contribution in [3.05, 3.63) is 23.8 Å². The molecule has 1 amide bonds. The molecule has 0 bridgehead atoms. The van der Waals surface area contributed by atoms with E-state index in [9.17, 15) is 4.79 Å². The van der Waals surface area contributed by atoms with E-state index in [0.29, 0.717) is 24.6 Å². The Balaban J connectivity index is 2.79. The third kappa shape index (κ3) is 4.79. The van der Waals surface area contributed by atoms with Crippen molar-refractivity contribution in [1.29, 1.82) is 0 Å². The van der Waals surface area contributed by atoms with E-state index in [4.69, 9.17) is 9.47 Å². The quantitative estimate of drug-likeness (QED) is 0.745. The van der Waals surface area contributed by atoms with E-state index < -0.39 is 0 Å². The smallest absolute Gasteiger partial charge is 0.257 e. The molecule has 0 radical (unpaired) electrons. The third-order valence-corrected chi connectivity index (χ3v) is 2.57. The van der Waals surface area contributed by atoms with Crippen molar-refractivity contribution in [1.82, 2.24) is 10.6 Å². The Kier molecular flexibility index (Phi) is 6.74. The van der Waals surface area contributed by atoms with Crippen LogP contribution in [0.1, 0.15) is 19.4 Å². The predicted molar refractivity (Wildman–Crippen MR) is 74.6 cm³/mol. The maximum atomic E-state index is 11.4. The molecule has 1 aromatic carbocycles. The standard InChI is InChI=1S/C14H22N2O3/c1-4-15-9-11-7-6-8-12(18-3)14(11)19-10-13(17)16-5-2/h6-8,15H,4-5,9-10H2,1-3H3,(H,16,17). The van der Waals surface area contributed by atoms with E-state index in [1.54, 1.807) is 7.11 Å². The molecule has 5 nitrogen and oxygen atoms in total. The molecule has 0 aliphatic carbocycles. The number of methoxy groups -OCH3 is 1. The number of benzene rings is 1. The molecule has 0 unspecified atom stereocenters. The molecule has 0 aliphatic rings. The average Bonchev–Trinajstić information content (AvgIpc) is 2.43. The molecule has 0 fully saturated rings. The van der Waals surface area contributed by atoms with Gasteiger partial charge in [-0.1, -0.05) is 19.1 Å². The highest BCUT2D eigenvalue weighted by atomic mass is 16.5. The van der Waals surface area contributed by atoms with Gasteiger partial charge in [-0.05, 0) is 19.5 Å². The molecule has 0 heterocycles. The molecule has 0 saturated carbocycles. The van der Waals surface area contributed by atoms with E-state index in [1.807, 2.05) is 32.0 Å². The zero-order chi connectivity index (χ0) is 14.1. The van der Waals surface area contributed by atoms with Crippen LogP contribution in [0.15, 0.2) is 18.2 Å². The van der Waals surface area contributed by atoms with Gasteiger partial charge in [-0.3, -0.25) is 4.79 Å². The van der Waals surface area contributed by atoms with Crippen LogP contribution >= 0.6 is 0 Å². The summed E-state index contributed by atoms with van der Waals surface area (Å²) >= 11 is 0. The van der Waals surface area contributed by atoms with Gasteiger partial charge >= 0.3 is 0 Å². The number of hydrogen-bond donors (Lipinski definition) is 2. The van der Waals surface area contributed by atoms with Crippen LogP contribution in [0.3, 0.4) is 0 Å². The third-order valence-electron chi connectivity index (χ3n) is 2.57. The summed E-state index contributed by atoms with van der Waals surface area (Å²) in [6, 6.07) is 5.69. The van der Waals surface area contributed by atoms with Gasteiger partial charge in [0.05, 0.1) is 7.11 Å². The minimum Gasteiger partial charge on any atom is -0.493 e. The molecule has 2 N–H and O–H groups in total. The summed E-state index contributed by atoms with van der Waals surface area (Å²) in [6.45, 7) is 6.05. The number of ether oxygens (including phenoxy) is 2. The van der Waals surface area contributed by atoms with Crippen molar-refractivity contribution in [2.45, 2.75) is 20.4 Å². The fraction of sp³-hybridized carbons (Fsp3) is 0.500. The molecule has 0 aliphatic heterocycles. The highest BCUT2D eigenvalue weighted by molar-refractivity contribution is 5.77. The van der Waals surface area contributed by atoms with Crippen LogP contribution in [-0.2, 0) is 11.3 Å². The van der Waals surface area contributed by atoms with E-state index in [2.05, 4.69) is 10.6 Å². The Bertz CT molecular complexity index is 408. The first-order valence-corrected chi connectivity index (χ1v) is 6.49. The molecule has 19 heavy (non-hydrogen) atoms. The normalized spacial score (nSPS) is 10.1. The van der Waals surface area contributed by atoms with Crippen LogP contribution in [0, 0.1) is 0 Å². The van der Waals surface area contributed by atoms with Crippen molar-refractivity contribution < 1.29 is 14.3 Å². The van der Waals surface area contributed by atoms with Crippen molar-refractivity contribution in [2.24, 2.45) is 0 Å². The Morgan fingerprint density at radius 2 is 2.05 bits per heavy atom. The largest absolute Gasteiger partial charge is 0.493 e. The van der Waals surface area contributed by atoms with E-state index in [1.165, 1.54) is 0 Å². The van der Waals surface area contributed by atoms with Gasteiger partial charge in [0.25, 0.3) is 5.91 Å². The fourth-order valence-electron chi connectivity index (χ4n) is 1.67. The number of nitrogens with one attached hydrogen (secondary N) is 2. The van der Waals surface area contributed by atoms with Gasteiger partial charge in [0, 0.05) is 18.7 Å². The predicted octanol–water partition coefficient (Wildman–Crippen LogP) is 1.32. The number of amides is 1. The summed E-state index contributed by atoms with van der Waals surface area (Å²) < 4.78 is 10.9. The van der Waals surface area contributed by atoms with Crippen LogP contribution in [0.4, 0.5) is 0 Å². The van der Waals surface area contributed by atoms with Crippen LogP contribution in [0.2, 0.25) is 0 Å². The highest BCUT2D eigenvalue weighted by Gasteiger charge is 2.11. The number of para-hydroxylation sites is 1. The molecule has 5 heteroatoms. The van der Waals surface area contributed by atoms with E-state index in [-0.39, 0.29) is 12.5 Å². The Hall–Kier alpha value is -1.75. The summed E-state index contributed by atoms with van der Waals surface area (Å²) in [7, 11) is 1.59. The van der Waals surface area contributed by atoms with Gasteiger partial charge in [0.1, 0.15) is 0 Å². The van der Waals surface area contributed by atoms with Gasteiger partial charge in [-0.25, -0.2) is 0 Å². The zero-order valence-corrected chi connectivity index (χ0v) is 11.8. The SMILES string of the molecule is CCNCc1cccc(OC)c1OCC(=O)NCC. The summed E-state index contributed by atoms with van der Waals surface area (Å²) in [6.07, 6.45) is 0. The number of carbonyl (C=O) groups is 1. The maximum Gasteiger partial charge on any atom is 0.257 e. The van der Waals surface area contributed by atoms with Crippen LogP contribution in [-0.4, -0.2) is 32.7 Å². The average molecular weight is 266 g/mol. The van der Waals surface area contributed by atoms with Gasteiger partial charge in [-0.15, -0.1) is 0 Å². The van der Waals surface area contributed by atoms with Gasteiger partial charge in [0.15, 0.2) is 18.1 Å². The first kappa shape index (κ1) is 15.3. The van der Waals surface area contributed by atoms with Crippen molar-refractivity contribution >= 4 is 5.91 Å². The lowest BCUT2D eigenvalue weighted by molar-refractivity contribution is -0.123. The first-order valence-electron chi connectivity index (χ1n) is 6.49. The number of likely N-dealkylation sites (N-methyl/N-ethyl adjacent to an activating group) is 1. The summed E-state index contributed by atoms with van der Waals surface area (Å²) in [5, 5.41) is 5.93. The van der Waals surface area contributed by atoms with Gasteiger partial charge < -0.3 is 20.1 Å². The maximum absolute atomic E-state index is 11.4. The van der Waals surface area contributed by atoms with Crippen LogP contribution < -0.4 is 20.1 Å². The highest BCUT2D eigenvalue weighted by Crippen LogP contribution is 2.30. The second-order valence-corrected chi connectivity index (χ2v) is 3.97. The fourth-order valence-corrected chi connectivity index (χ4v) is 1.67. The lowest BCUT2D eigenvalue weighted by atomic mass is 10.2. The first-order chi connectivity index (χ1) is 9.22. The number of hydrogen-bond acceptors (Lipinski definition) is 4. The molecule has 0 aromatic heterocycles. The second-order valence-electron chi connectivity index (χ2n) is 3.97. The van der Waals surface area contributed by atoms with Crippen molar-refractivity contribution in [2.75, 3.05) is 26.8 Å².